The monoisotopic (exact) mass is 266 g/mol. The van der Waals surface area contributed by atoms with E-state index in [9.17, 15) is 4.79 Å². The highest BCUT2D eigenvalue weighted by Crippen LogP contribution is 2.25. The molecule has 0 radical (unpaired) electrons. The van der Waals surface area contributed by atoms with E-state index in [0.29, 0.717) is 11.9 Å². The molecule has 2 fully saturated rings. The molecule has 19 heavy (non-hydrogen) atoms. The Bertz CT molecular complexity index is 302. The molecule has 1 unspecified atom stereocenters. The van der Waals surface area contributed by atoms with Crippen LogP contribution in [-0.2, 0) is 4.79 Å². The van der Waals surface area contributed by atoms with E-state index in [1.807, 2.05) is 20.8 Å². The van der Waals surface area contributed by atoms with Crippen LogP contribution in [0.4, 0.5) is 0 Å². The number of rotatable bonds is 2. The van der Waals surface area contributed by atoms with Gasteiger partial charge in [0.15, 0.2) is 0 Å². The fraction of sp³-hybridized carbons (Fsp3) is 0.938. The summed E-state index contributed by atoms with van der Waals surface area (Å²) in [5, 5.41) is 0. The molecule has 3 heteroatoms. The molecular weight excluding hydrogens is 236 g/mol. The van der Waals surface area contributed by atoms with Gasteiger partial charge in [0.25, 0.3) is 0 Å². The predicted octanol–water partition coefficient (Wildman–Crippen LogP) is 2.90. The summed E-state index contributed by atoms with van der Waals surface area (Å²) in [5.41, 5.74) is -0.239. The van der Waals surface area contributed by atoms with Crippen LogP contribution in [0.2, 0.25) is 0 Å². The first-order chi connectivity index (χ1) is 8.98. The van der Waals surface area contributed by atoms with Gasteiger partial charge >= 0.3 is 0 Å². The lowest BCUT2D eigenvalue weighted by Crippen LogP contribution is -2.53. The third-order valence-electron chi connectivity index (χ3n) is 4.45. The van der Waals surface area contributed by atoms with Crippen LogP contribution in [0.15, 0.2) is 0 Å². The Morgan fingerprint density at radius 1 is 1.00 bits per heavy atom. The average Bonchev–Trinajstić information content (AvgIpc) is 2.39. The normalized spacial score (nSPS) is 26.5. The van der Waals surface area contributed by atoms with Crippen molar-refractivity contribution in [3.05, 3.63) is 0 Å². The molecule has 1 amide bonds. The number of hydrogen-bond donors (Lipinski definition) is 0. The molecule has 2 aliphatic heterocycles. The fourth-order valence-corrected chi connectivity index (χ4v) is 3.33. The van der Waals surface area contributed by atoms with Crippen LogP contribution in [0.25, 0.3) is 0 Å². The maximum atomic E-state index is 12.6. The van der Waals surface area contributed by atoms with Crippen LogP contribution < -0.4 is 0 Å². The second kappa shape index (κ2) is 6.25. The molecule has 110 valence electrons. The lowest BCUT2D eigenvalue weighted by Gasteiger charge is -2.42. The Kier molecular flexibility index (Phi) is 4.88. The summed E-state index contributed by atoms with van der Waals surface area (Å²) >= 11 is 0. The molecule has 2 saturated heterocycles. The summed E-state index contributed by atoms with van der Waals surface area (Å²) in [6.07, 6.45) is 7.70. The van der Waals surface area contributed by atoms with Crippen molar-refractivity contribution >= 4 is 5.91 Å². The van der Waals surface area contributed by atoms with Crippen LogP contribution in [0.3, 0.4) is 0 Å². The first-order valence-electron chi connectivity index (χ1n) is 8.02. The molecule has 3 nitrogen and oxygen atoms in total. The highest BCUT2D eigenvalue weighted by molar-refractivity contribution is 5.81. The van der Waals surface area contributed by atoms with Crippen molar-refractivity contribution in [1.82, 2.24) is 9.80 Å². The number of piperidine rings is 2. The van der Waals surface area contributed by atoms with Gasteiger partial charge in [0.2, 0.25) is 5.91 Å². The highest BCUT2D eigenvalue weighted by Gasteiger charge is 2.34. The number of likely N-dealkylation sites (tertiary alicyclic amines) is 2. The van der Waals surface area contributed by atoms with Gasteiger partial charge in [-0.1, -0.05) is 27.2 Å². The molecule has 0 saturated carbocycles. The fourth-order valence-electron chi connectivity index (χ4n) is 3.33. The van der Waals surface area contributed by atoms with Gasteiger partial charge in [0.1, 0.15) is 0 Å². The summed E-state index contributed by atoms with van der Waals surface area (Å²) < 4.78 is 0. The molecule has 0 aliphatic carbocycles. The van der Waals surface area contributed by atoms with E-state index in [1.165, 1.54) is 51.6 Å². The molecule has 2 heterocycles. The lowest BCUT2D eigenvalue weighted by molar-refractivity contribution is -0.143. The van der Waals surface area contributed by atoms with Gasteiger partial charge in [0, 0.05) is 24.5 Å². The summed E-state index contributed by atoms with van der Waals surface area (Å²) in [6, 6.07) is 0.457. The SMILES string of the molecule is CC(C)(C)C(=O)N1CCCCC1CN1CCCCC1. The predicted molar refractivity (Wildman–Crippen MR) is 79.1 cm³/mol. The molecule has 0 N–H and O–H groups in total. The molecule has 0 aromatic carbocycles. The van der Waals surface area contributed by atoms with Gasteiger partial charge < -0.3 is 9.80 Å². The Morgan fingerprint density at radius 3 is 2.26 bits per heavy atom. The molecule has 2 rings (SSSR count). The minimum Gasteiger partial charge on any atom is -0.338 e. The highest BCUT2D eigenvalue weighted by atomic mass is 16.2. The summed E-state index contributed by atoms with van der Waals surface area (Å²) in [7, 11) is 0. The van der Waals surface area contributed by atoms with Gasteiger partial charge in [-0.3, -0.25) is 4.79 Å². The van der Waals surface area contributed by atoms with E-state index in [2.05, 4.69) is 9.80 Å². The first kappa shape index (κ1) is 14.8. The van der Waals surface area contributed by atoms with Gasteiger partial charge in [-0.05, 0) is 45.2 Å². The van der Waals surface area contributed by atoms with Crippen LogP contribution in [0.5, 0.6) is 0 Å². The second-order valence-electron chi connectivity index (χ2n) is 7.26. The molecule has 2 aliphatic rings. The number of nitrogens with zero attached hydrogens (tertiary/aromatic N) is 2. The van der Waals surface area contributed by atoms with Crippen molar-refractivity contribution < 1.29 is 4.79 Å². The lowest BCUT2D eigenvalue weighted by atomic mass is 9.91. The van der Waals surface area contributed by atoms with Crippen molar-refractivity contribution in [2.75, 3.05) is 26.2 Å². The van der Waals surface area contributed by atoms with E-state index in [4.69, 9.17) is 0 Å². The Hall–Kier alpha value is -0.570. The van der Waals surface area contributed by atoms with Crippen molar-refractivity contribution in [2.24, 2.45) is 5.41 Å². The summed E-state index contributed by atoms with van der Waals surface area (Å²) in [5.74, 6) is 0.342. The van der Waals surface area contributed by atoms with Gasteiger partial charge in [-0.2, -0.15) is 0 Å². The Balaban J connectivity index is 1.97. The van der Waals surface area contributed by atoms with Crippen molar-refractivity contribution in [3.63, 3.8) is 0 Å². The molecule has 0 aromatic rings. The zero-order valence-electron chi connectivity index (χ0n) is 13.0. The third kappa shape index (κ3) is 3.95. The van der Waals surface area contributed by atoms with Crippen molar-refractivity contribution in [3.8, 4) is 0 Å². The largest absolute Gasteiger partial charge is 0.338 e. The molecule has 1 atom stereocenters. The maximum absolute atomic E-state index is 12.6. The maximum Gasteiger partial charge on any atom is 0.228 e. The van der Waals surface area contributed by atoms with Gasteiger partial charge in [-0.25, -0.2) is 0 Å². The third-order valence-corrected chi connectivity index (χ3v) is 4.45. The molecule has 0 bridgehead atoms. The number of carbonyl (C=O) groups is 1. The quantitative estimate of drug-likeness (QED) is 0.767. The molecule has 0 aromatic heterocycles. The zero-order valence-corrected chi connectivity index (χ0v) is 13.0. The minimum atomic E-state index is -0.239. The van der Waals surface area contributed by atoms with E-state index in [-0.39, 0.29) is 5.41 Å². The molecule has 0 spiro atoms. The number of hydrogen-bond acceptors (Lipinski definition) is 2. The van der Waals surface area contributed by atoms with E-state index >= 15 is 0 Å². The van der Waals surface area contributed by atoms with E-state index in [0.717, 1.165) is 13.1 Å². The zero-order chi connectivity index (χ0) is 13.9. The van der Waals surface area contributed by atoms with E-state index < -0.39 is 0 Å². The number of amides is 1. The summed E-state index contributed by atoms with van der Waals surface area (Å²) in [6.45, 7) is 10.7. The average molecular weight is 266 g/mol. The Morgan fingerprint density at radius 2 is 1.63 bits per heavy atom. The topological polar surface area (TPSA) is 23.6 Å². The van der Waals surface area contributed by atoms with Crippen LogP contribution >= 0.6 is 0 Å². The smallest absolute Gasteiger partial charge is 0.228 e. The number of carbonyl (C=O) groups excluding carboxylic acids is 1. The van der Waals surface area contributed by atoms with Gasteiger partial charge in [-0.15, -0.1) is 0 Å². The van der Waals surface area contributed by atoms with Gasteiger partial charge in [0.05, 0.1) is 0 Å². The molecular formula is C16H30N2O. The standard InChI is InChI=1S/C16H30N2O/c1-16(2,3)15(19)18-12-8-5-9-14(18)13-17-10-6-4-7-11-17/h14H,4-13H2,1-3H3. The van der Waals surface area contributed by atoms with Crippen LogP contribution in [0.1, 0.15) is 59.3 Å². The van der Waals surface area contributed by atoms with Crippen molar-refractivity contribution in [2.45, 2.75) is 65.3 Å². The first-order valence-corrected chi connectivity index (χ1v) is 8.02. The van der Waals surface area contributed by atoms with Crippen molar-refractivity contribution in [1.29, 1.82) is 0 Å². The summed E-state index contributed by atoms with van der Waals surface area (Å²) in [4.78, 5) is 17.3. The van der Waals surface area contributed by atoms with Crippen LogP contribution in [0, 0.1) is 5.41 Å². The van der Waals surface area contributed by atoms with Crippen LogP contribution in [-0.4, -0.2) is 47.9 Å². The minimum absolute atomic E-state index is 0.239. The Labute approximate surface area is 118 Å². The second-order valence-corrected chi connectivity index (χ2v) is 7.26. The van der Waals surface area contributed by atoms with E-state index in [1.54, 1.807) is 0 Å².